The Bertz CT molecular complexity index is 1330. The molecule has 2 aromatic carbocycles. The largest absolute Gasteiger partial charge is 0.299 e. The van der Waals surface area contributed by atoms with Crippen LogP contribution in [0.2, 0.25) is 0 Å². The minimum Gasteiger partial charge on any atom is -0.284 e. The Morgan fingerprint density at radius 2 is 1.93 bits per heavy atom. The number of thiazole rings is 1. The van der Waals surface area contributed by atoms with Gasteiger partial charge >= 0.3 is 0 Å². The first kappa shape index (κ1) is 18.6. The maximum absolute atomic E-state index is 13.8. The van der Waals surface area contributed by atoms with Gasteiger partial charge in [-0.15, -0.1) is 16.4 Å². The molecule has 0 radical (unpaired) electrons. The molecule has 0 saturated carbocycles. The molecule has 5 rings (SSSR count). The molecule has 0 fully saturated rings. The number of halogens is 1. The number of carbonyl (C=O) groups excluding carboxylic acids is 1. The van der Waals surface area contributed by atoms with Gasteiger partial charge in [0, 0.05) is 7.05 Å². The van der Waals surface area contributed by atoms with Crippen LogP contribution < -0.4 is 4.90 Å². The number of thiophene rings is 1. The Morgan fingerprint density at radius 1 is 1.07 bits per heavy atom. The van der Waals surface area contributed by atoms with Gasteiger partial charge in [-0.2, -0.15) is 0 Å². The number of anilines is 1. The van der Waals surface area contributed by atoms with Crippen LogP contribution in [0.3, 0.4) is 0 Å². The third kappa shape index (κ3) is 3.27. The number of fused-ring (bicyclic) bond motifs is 1. The summed E-state index contributed by atoms with van der Waals surface area (Å²) < 4.78 is 16.3. The fraction of sp³-hybridized carbons (Fsp3) is 0.0476. The van der Waals surface area contributed by atoms with E-state index >= 15 is 0 Å². The average Bonchev–Trinajstić information content (AvgIpc) is 3.51. The molecule has 0 aliphatic heterocycles. The second-order valence-corrected chi connectivity index (χ2v) is 8.41. The first-order valence-electron chi connectivity index (χ1n) is 9.00. The molecule has 3 heterocycles. The number of benzene rings is 2. The lowest BCUT2D eigenvalue weighted by atomic mass is 10.3. The maximum Gasteiger partial charge on any atom is 0.299 e. The summed E-state index contributed by atoms with van der Waals surface area (Å²) in [5.74, 6) is -0.275. The fourth-order valence-corrected chi connectivity index (χ4v) is 4.62. The Labute approximate surface area is 178 Å². The van der Waals surface area contributed by atoms with Gasteiger partial charge in [0.15, 0.2) is 11.0 Å². The van der Waals surface area contributed by atoms with Gasteiger partial charge in [-0.05, 0) is 41.8 Å². The molecule has 0 aliphatic rings. The second kappa shape index (κ2) is 7.43. The zero-order valence-electron chi connectivity index (χ0n) is 15.7. The molecular weight excluding hydrogens is 421 g/mol. The summed E-state index contributed by atoms with van der Waals surface area (Å²) in [5, 5.41) is 6.88. The number of aromatic nitrogens is 4. The lowest BCUT2D eigenvalue weighted by molar-refractivity contribution is 0.0983. The molecular formula is C21H14FN5OS2. The highest BCUT2D eigenvalue weighted by atomic mass is 32.1. The van der Waals surface area contributed by atoms with E-state index < -0.39 is 0 Å². The standard InChI is InChI=1S/C21H14FN5OS2/c1-26(21-23-15-8-2-3-9-16(15)30-21)20(28)18-24-19(17-10-5-11-29-17)27(25-18)14-7-4-6-13(22)12-14/h2-12H,1H3. The molecule has 9 heteroatoms. The van der Waals surface area contributed by atoms with Crippen LogP contribution in [0.1, 0.15) is 10.6 Å². The first-order chi connectivity index (χ1) is 14.6. The van der Waals surface area contributed by atoms with Gasteiger partial charge in [0.2, 0.25) is 5.82 Å². The number of carbonyl (C=O) groups is 1. The molecule has 0 atom stereocenters. The number of nitrogens with zero attached hydrogens (tertiary/aromatic N) is 5. The van der Waals surface area contributed by atoms with E-state index in [1.54, 1.807) is 19.2 Å². The SMILES string of the molecule is CN(C(=O)c1nc(-c2cccs2)n(-c2cccc(F)c2)n1)c1nc2ccccc2s1. The predicted molar refractivity (Wildman–Crippen MR) is 117 cm³/mol. The minimum absolute atomic E-state index is 0.0180. The van der Waals surface area contributed by atoms with Crippen LogP contribution >= 0.6 is 22.7 Å². The minimum atomic E-state index is -0.389. The van der Waals surface area contributed by atoms with Crippen molar-refractivity contribution in [3.8, 4) is 16.4 Å². The van der Waals surface area contributed by atoms with Crippen LogP contribution in [-0.4, -0.2) is 32.7 Å². The second-order valence-electron chi connectivity index (χ2n) is 6.46. The van der Waals surface area contributed by atoms with Crippen LogP contribution in [0, 0.1) is 5.82 Å². The number of rotatable bonds is 4. The zero-order chi connectivity index (χ0) is 20.7. The maximum atomic E-state index is 13.8. The molecule has 1 amide bonds. The van der Waals surface area contributed by atoms with E-state index in [0.29, 0.717) is 16.6 Å². The highest BCUT2D eigenvalue weighted by Crippen LogP contribution is 2.30. The van der Waals surface area contributed by atoms with Crippen LogP contribution in [0.25, 0.3) is 26.6 Å². The summed E-state index contributed by atoms with van der Waals surface area (Å²) in [6, 6.07) is 17.5. The van der Waals surface area contributed by atoms with Crippen LogP contribution in [0.15, 0.2) is 66.0 Å². The topological polar surface area (TPSA) is 63.9 Å². The van der Waals surface area contributed by atoms with Crippen molar-refractivity contribution in [1.29, 1.82) is 0 Å². The molecule has 0 bridgehead atoms. The Morgan fingerprint density at radius 3 is 2.70 bits per heavy atom. The van der Waals surface area contributed by atoms with E-state index in [-0.39, 0.29) is 17.5 Å². The van der Waals surface area contributed by atoms with Gasteiger partial charge in [0.1, 0.15) is 5.82 Å². The van der Waals surface area contributed by atoms with Crippen molar-refractivity contribution in [2.24, 2.45) is 0 Å². The van der Waals surface area contributed by atoms with Gasteiger partial charge in [0.25, 0.3) is 5.91 Å². The van der Waals surface area contributed by atoms with E-state index in [4.69, 9.17) is 0 Å². The molecule has 6 nitrogen and oxygen atoms in total. The van der Waals surface area contributed by atoms with Gasteiger partial charge in [-0.25, -0.2) is 19.0 Å². The van der Waals surface area contributed by atoms with E-state index in [1.807, 2.05) is 41.8 Å². The van der Waals surface area contributed by atoms with Crippen molar-refractivity contribution < 1.29 is 9.18 Å². The van der Waals surface area contributed by atoms with Crippen molar-refractivity contribution in [1.82, 2.24) is 19.7 Å². The first-order valence-corrected chi connectivity index (χ1v) is 10.7. The molecule has 148 valence electrons. The molecule has 0 saturated heterocycles. The van der Waals surface area contributed by atoms with Crippen molar-refractivity contribution >= 4 is 43.9 Å². The summed E-state index contributed by atoms with van der Waals surface area (Å²) >= 11 is 2.89. The molecule has 0 aliphatic carbocycles. The summed E-state index contributed by atoms with van der Waals surface area (Å²) in [6.07, 6.45) is 0. The summed E-state index contributed by atoms with van der Waals surface area (Å²) in [4.78, 5) is 24.4. The van der Waals surface area contributed by atoms with Crippen LogP contribution in [0.4, 0.5) is 9.52 Å². The third-order valence-corrected chi connectivity index (χ3v) is 6.45. The quantitative estimate of drug-likeness (QED) is 0.398. The summed E-state index contributed by atoms with van der Waals surface area (Å²) in [7, 11) is 1.65. The third-order valence-electron chi connectivity index (χ3n) is 4.47. The van der Waals surface area contributed by atoms with Crippen molar-refractivity contribution in [2.45, 2.75) is 0 Å². The molecule has 0 spiro atoms. The van der Waals surface area contributed by atoms with E-state index in [1.165, 1.54) is 44.4 Å². The Balaban J connectivity index is 1.57. The van der Waals surface area contributed by atoms with Gasteiger partial charge in [-0.1, -0.05) is 35.6 Å². The highest BCUT2D eigenvalue weighted by molar-refractivity contribution is 7.22. The predicted octanol–water partition coefficient (Wildman–Crippen LogP) is 5.02. The zero-order valence-corrected chi connectivity index (χ0v) is 17.3. The fourth-order valence-electron chi connectivity index (χ4n) is 3.00. The molecule has 3 aromatic heterocycles. The lowest BCUT2D eigenvalue weighted by Crippen LogP contribution is -2.27. The normalized spacial score (nSPS) is 11.1. The van der Waals surface area contributed by atoms with Crippen molar-refractivity contribution in [3.05, 3.63) is 77.7 Å². The monoisotopic (exact) mass is 435 g/mol. The lowest BCUT2D eigenvalue weighted by Gasteiger charge is -2.10. The van der Waals surface area contributed by atoms with Gasteiger partial charge in [0.05, 0.1) is 20.8 Å². The molecule has 0 N–H and O–H groups in total. The smallest absolute Gasteiger partial charge is 0.284 e. The van der Waals surface area contributed by atoms with Crippen LogP contribution in [-0.2, 0) is 0 Å². The Kier molecular flexibility index (Phi) is 4.61. The summed E-state index contributed by atoms with van der Waals surface area (Å²) in [6.45, 7) is 0. The summed E-state index contributed by atoms with van der Waals surface area (Å²) in [5.41, 5.74) is 1.32. The molecule has 0 unspecified atom stereocenters. The van der Waals surface area contributed by atoms with E-state index in [0.717, 1.165) is 15.1 Å². The van der Waals surface area contributed by atoms with Gasteiger partial charge in [-0.3, -0.25) is 9.69 Å². The number of hydrogen-bond acceptors (Lipinski definition) is 6. The number of amides is 1. The van der Waals surface area contributed by atoms with E-state index in [9.17, 15) is 9.18 Å². The van der Waals surface area contributed by atoms with Gasteiger partial charge < -0.3 is 0 Å². The van der Waals surface area contributed by atoms with Crippen molar-refractivity contribution in [3.63, 3.8) is 0 Å². The average molecular weight is 436 g/mol. The van der Waals surface area contributed by atoms with Crippen molar-refractivity contribution in [2.75, 3.05) is 11.9 Å². The Hall–Kier alpha value is -3.43. The number of para-hydroxylation sites is 1. The highest BCUT2D eigenvalue weighted by Gasteiger charge is 2.24. The van der Waals surface area contributed by atoms with Crippen LogP contribution in [0.5, 0.6) is 0 Å². The van der Waals surface area contributed by atoms with E-state index in [2.05, 4.69) is 15.1 Å². The molecule has 30 heavy (non-hydrogen) atoms. The molecule has 5 aromatic rings. The number of hydrogen-bond donors (Lipinski definition) is 0.